The van der Waals surface area contributed by atoms with E-state index in [9.17, 15) is 9.59 Å². The smallest absolute Gasteiger partial charge is 0.332 e. The Morgan fingerprint density at radius 3 is 2.79 bits per heavy atom. The van der Waals surface area contributed by atoms with Crippen LogP contribution in [0.3, 0.4) is 0 Å². The highest BCUT2D eigenvalue weighted by molar-refractivity contribution is 5.87. The molecule has 0 spiro atoms. The number of rotatable bonds is 2. The van der Waals surface area contributed by atoms with Crippen molar-refractivity contribution < 1.29 is 4.74 Å². The van der Waals surface area contributed by atoms with Crippen molar-refractivity contribution in [2.45, 2.75) is 0 Å². The third kappa shape index (κ3) is 1.83. The van der Waals surface area contributed by atoms with Crippen LogP contribution in [0.2, 0.25) is 0 Å². The highest BCUT2D eigenvalue weighted by Crippen LogP contribution is 2.27. The molecule has 19 heavy (non-hydrogen) atoms. The number of benzene rings is 1. The summed E-state index contributed by atoms with van der Waals surface area (Å²) in [4.78, 5) is 28.1. The summed E-state index contributed by atoms with van der Waals surface area (Å²) in [5.41, 5.74) is 0.565. The zero-order chi connectivity index (χ0) is 13.4. The summed E-state index contributed by atoms with van der Waals surface area (Å²) in [5.74, 6) is 0.659. The lowest BCUT2D eigenvalue weighted by Gasteiger charge is -2.08. The number of nitrogens with zero attached hydrogens (tertiary/aromatic N) is 1. The van der Waals surface area contributed by atoms with Gasteiger partial charge in [0.2, 0.25) is 0 Å². The number of ether oxygens (including phenoxy) is 1. The number of fused-ring (bicyclic) bond motifs is 1. The molecule has 0 unspecified atom stereocenters. The van der Waals surface area contributed by atoms with Crippen LogP contribution in [0.25, 0.3) is 16.6 Å². The van der Waals surface area contributed by atoms with Crippen LogP contribution in [0, 0.1) is 0 Å². The largest absolute Gasteiger partial charge is 0.496 e. The molecule has 0 amide bonds. The van der Waals surface area contributed by atoms with E-state index in [1.54, 1.807) is 19.4 Å². The minimum absolute atomic E-state index is 0.422. The van der Waals surface area contributed by atoms with Crippen LogP contribution >= 0.6 is 0 Å². The molecule has 3 aromatic rings. The molecule has 6 heteroatoms. The quantitative estimate of drug-likeness (QED) is 0.719. The van der Waals surface area contributed by atoms with Gasteiger partial charge in [-0.05, 0) is 12.1 Å². The molecule has 0 saturated heterocycles. The van der Waals surface area contributed by atoms with Crippen molar-refractivity contribution in [3.05, 3.63) is 57.5 Å². The van der Waals surface area contributed by atoms with Gasteiger partial charge < -0.3 is 9.72 Å². The van der Waals surface area contributed by atoms with E-state index in [1.165, 1.54) is 16.8 Å². The highest BCUT2D eigenvalue weighted by atomic mass is 16.5. The Morgan fingerprint density at radius 2 is 2.05 bits per heavy atom. The average molecular weight is 257 g/mol. The number of aromatic nitrogens is 3. The van der Waals surface area contributed by atoms with E-state index in [-0.39, 0.29) is 0 Å². The maximum absolute atomic E-state index is 11.8. The predicted octanol–water partition coefficient (Wildman–Crippen LogP) is 1.02. The minimum Gasteiger partial charge on any atom is -0.496 e. The first kappa shape index (κ1) is 11.3. The second-order valence-corrected chi connectivity index (χ2v) is 4.07. The molecule has 0 radical (unpaired) electrons. The van der Waals surface area contributed by atoms with E-state index in [2.05, 4.69) is 9.97 Å². The average Bonchev–Trinajstić information content (AvgIpc) is 2.85. The monoisotopic (exact) mass is 257 g/mol. The molecule has 0 aliphatic rings. The zero-order valence-corrected chi connectivity index (χ0v) is 10.1. The van der Waals surface area contributed by atoms with Gasteiger partial charge in [-0.3, -0.25) is 14.3 Å². The van der Waals surface area contributed by atoms with Gasteiger partial charge in [-0.2, -0.15) is 0 Å². The summed E-state index contributed by atoms with van der Waals surface area (Å²) in [6.45, 7) is 0. The predicted molar refractivity (Wildman–Crippen MR) is 71.1 cm³/mol. The Hall–Kier alpha value is -2.76. The molecule has 0 aliphatic heterocycles. The molecule has 0 saturated carbocycles. The first-order valence-electron chi connectivity index (χ1n) is 5.66. The molecule has 0 fully saturated rings. The normalized spacial score (nSPS) is 10.8. The topological polar surface area (TPSA) is 79.9 Å². The summed E-state index contributed by atoms with van der Waals surface area (Å²) in [5, 5.41) is 0.934. The Labute approximate surface area is 107 Å². The lowest BCUT2D eigenvalue weighted by atomic mass is 10.2. The summed E-state index contributed by atoms with van der Waals surface area (Å²) < 4.78 is 6.66. The van der Waals surface area contributed by atoms with Crippen LogP contribution in [0.5, 0.6) is 5.75 Å². The minimum atomic E-state index is -0.486. The van der Waals surface area contributed by atoms with Gasteiger partial charge in [0.25, 0.3) is 5.56 Å². The summed E-state index contributed by atoms with van der Waals surface area (Å²) >= 11 is 0. The van der Waals surface area contributed by atoms with E-state index in [0.717, 1.165) is 10.9 Å². The van der Waals surface area contributed by atoms with E-state index >= 15 is 0 Å². The van der Waals surface area contributed by atoms with Gasteiger partial charge in [-0.25, -0.2) is 4.79 Å². The van der Waals surface area contributed by atoms with Crippen molar-refractivity contribution in [3.8, 4) is 11.4 Å². The summed E-state index contributed by atoms with van der Waals surface area (Å²) in [6.07, 6.45) is 3.23. The van der Waals surface area contributed by atoms with E-state index < -0.39 is 11.2 Å². The third-order valence-electron chi connectivity index (χ3n) is 2.94. The van der Waals surface area contributed by atoms with Crippen molar-refractivity contribution >= 4 is 10.9 Å². The molecule has 0 bridgehead atoms. The molecule has 6 nitrogen and oxygen atoms in total. The van der Waals surface area contributed by atoms with Gasteiger partial charge in [0.1, 0.15) is 5.75 Å². The first-order chi connectivity index (χ1) is 9.19. The zero-order valence-electron chi connectivity index (χ0n) is 10.1. The number of hydrogen-bond acceptors (Lipinski definition) is 3. The Bertz CT molecular complexity index is 857. The molecule has 2 aromatic heterocycles. The molecule has 96 valence electrons. The molecular formula is C13H11N3O3. The Balaban J connectivity index is 2.30. The van der Waals surface area contributed by atoms with E-state index in [0.29, 0.717) is 11.4 Å². The molecular weight excluding hydrogens is 246 g/mol. The number of aromatic amines is 2. The molecule has 0 aliphatic carbocycles. The van der Waals surface area contributed by atoms with Crippen LogP contribution in [0.15, 0.2) is 46.2 Å². The van der Waals surface area contributed by atoms with Crippen LogP contribution in [0.1, 0.15) is 0 Å². The Morgan fingerprint density at radius 1 is 1.21 bits per heavy atom. The molecule has 2 N–H and O–H groups in total. The number of nitrogens with one attached hydrogen (secondary N) is 2. The fourth-order valence-electron chi connectivity index (χ4n) is 2.05. The number of H-pyrrole nitrogens is 2. The van der Waals surface area contributed by atoms with Crippen LogP contribution in [-0.2, 0) is 0 Å². The fourth-order valence-corrected chi connectivity index (χ4v) is 2.05. The standard InChI is InChI=1S/C13H11N3O3/c1-19-11-7-8(6-10-9(11)2-4-14-10)16-5-3-12(17)15-13(16)18/h2-7,14H,1H3,(H,15,17,18). The Kier molecular flexibility index (Phi) is 2.49. The molecule has 3 rings (SSSR count). The fraction of sp³-hybridized carbons (Fsp3) is 0.0769. The third-order valence-corrected chi connectivity index (χ3v) is 2.94. The molecule has 2 heterocycles. The maximum atomic E-state index is 11.8. The van der Waals surface area contributed by atoms with Gasteiger partial charge >= 0.3 is 5.69 Å². The second kappa shape index (κ2) is 4.16. The first-order valence-corrected chi connectivity index (χ1v) is 5.66. The molecule has 1 aromatic carbocycles. The van der Waals surface area contributed by atoms with Crippen molar-refractivity contribution in [3.63, 3.8) is 0 Å². The summed E-state index contributed by atoms with van der Waals surface area (Å²) in [7, 11) is 1.57. The highest BCUT2D eigenvalue weighted by Gasteiger charge is 2.08. The number of methoxy groups -OCH3 is 1. The van der Waals surface area contributed by atoms with Crippen LogP contribution in [-0.4, -0.2) is 21.6 Å². The van der Waals surface area contributed by atoms with E-state index in [1.807, 2.05) is 12.1 Å². The van der Waals surface area contributed by atoms with Crippen molar-refractivity contribution in [2.24, 2.45) is 0 Å². The van der Waals surface area contributed by atoms with Gasteiger partial charge in [-0.1, -0.05) is 0 Å². The second-order valence-electron chi connectivity index (χ2n) is 4.07. The van der Waals surface area contributed by atoms with Crippen molar-refractivity contribution in [2.75, 3.05) is 7.11 Å². The molecule has 0 atom stereocenters. The maximum Gasteiger partial charge on any atom is 0.332 e. The lowest BCUT2D eigenvalue weighted by molar-refractivity contribution is 0.419. The van der Waals surface area contributed by atoms with Crippen LogP contribution in [0.4, 0.5) is 0 Å². The lowest BCUT2D eigenvalue weighted by Crippen LogP contribution is -2.27. The number of hydrogen-bond donors (Lipinski definition) is 2. The van der Waals surface area contributed by atoms with E-state index in [4.69, 9.17) is 4.74 Å². The van der Waals surface area contributed by atoms with Gasteiger partial charge in [0.05, 0.1) is 18.3 Å². The van der Waals surface area contributed by atoms with Gasteiger partial charge in [0, 0.05) is 29.9 Å². The summed E-state index contributed by atoms with van der Waals surface area (Å²) in [6, 6.07) is 6.76. The van der Waals surface area contributed by atoms with Gasteiger partial charge in [0.15, 0.2) is 0 Å². The SMILES string of the molecule is COc1cc(-n2ccc(=O)[nH]c2=O)cc2[nH]ccc12. The van der Waals surface area contributed by atoms with Crippen molar-refractivity contribution in [1.29, 1.82) is 0 Å². The van der Waals surface area contributed by atoms with Crippen LogP contribution < -0.4 is 16.0 Å². The van der Waals surface area contributed by atoms with Crippen molar-refractivity contribution in [1.82, 2.24) is 14.5 Å². The van der Waals surface area contributed by atoms with Gasteiger partial charge in [-0.15, -0.1) is 0 Å².